The molecule has 0 spiro atoms. The third-order valence-electron chi connectivity index (χ3n) is 6.59. The van der Waals surface area contributed by atoms with Crippen LogP contribution in [0, 0.1) is 0 Å². The molecule has 2 aromatic rings. The first-order chi connectivity index (χ1) is 20.1. The van der Waals surface area contributed by atoms with E-state index in [9.17, 15) is 24.0 Å². The molecule has 2 aliphatic rings. The number of imide groups is 1. The smallest absolute Gasteiger partial charge is 0.335 e. The van der Waals surface area contributed by atoms with Crippen LogP contribution in [-0.2, 0) is 33.4 Å². The van der Waals surface area contributed by atoms with Gasteiger partial charge >= 0.3 is 11.9 Å². The van der Waals surface area contributed by atoms with Crippen LogP contribution in [0.2, 0.25) is 0 Å². The monoisotopic (exact) mass is 582 g/mol. The number of nitrogens with one attached hydrogen (secondary N) is 1. The van der Waals surface area contributed by atoms with Gasteiger partial charge in [-0.05, 0) is 38.8 Å². The van der Waals surface area contributed by atoms with Crippen molar-refractivity contribution in [2.45, 2.75) is 46.1 Å². The number of rotatable bonds is 7. The number of ether oxygens (including phenoxy) is 2. The summed E-state index contributed by atoms with van der Waals surface area (Å²) in [6.45, 7) is 18.4. The molecule has 1 N–H and O–H groups in total. The lowest BCUT2D eigenvalue weighted by molar-refractivity contribution is -0.171. The van der Waals surface area contributed by atoms with Crippen LogP contribution < -0.4 is 5.32 Å². The van der Waals surface area contributed by atoms with Gasteiger partial charge in [0.25, 0.3) is 11.8 Å². The highest BCUT2D eigenvalue weighted by Crippen LogP contribution is 2.40. The first-order valence-corrected chi connectivity index (χ1v) is 13.3. The molecule has 4 rings (SSSR count). The molecule has 0 aromatic heterocycles. The SMILES string of the molecule is C=C(C)C(=O)OC1(C)C(c2ccccc2)=CC(=O)N1C(=O)C(=C)C.C=C(C)C(=O)OC1(C)NC(=O)C=C1c1ccccc1. The fraction of sp³-hybridized carbons (Fsp3) is 0.206. The summed E-state index contributed by atoms with van der Waals surface area (Å²) in [5.74, 6) is -2.66. The van der Waals surface area contributed by atoms with Gasteiger partial charge in [-0.2, -0.15) is 0 Å². The van der Waals surface area contributed by atoms with Crippen LogP contribution in [0.3, 0.4) is 0 Å². The molecule has 0 saturated carbocycles. The van der Waals surface area contributed by atoms with Crippen molar-refractivity contribution in [3.8, 4) is 0 Å². The maximum Gasteiger partial charge on any atom is 0.335 e. The molecule has 0 bridgehead atoms. The molecule has 0 saturated heterocycles. The molecule has 222 valence electrons. The van der Waals surface area contributed by atoms with E-state index in [4.69, 9.17) is 9.47 Å². The number of hydrogen-bond donors (Lipinski definition) is 1. The van der Waals surface area contributed by atoms with Crippen molar-refractivity contribution in [3.05, 3.63) is 120 Å². The lowest BCUT2D eigenvalue weighted by atomic mass is 9.97. The van der Waals surface area contributed by atoms with Crippen molar-refractivity contribution in [2.75, 3.05) is 0 Å². The van der Waals surface area contributed by atoms with Crippen molar-refractivity contribution in [3.63, 3.8) is 0 Å². The summed E-state index contributed by atoms with van der Waals surface area (Å²) in [4.78, 5) is 61.2. The van der Waals surface area contributed by atoms with Crippen LogP contribution in [0.25, 0.3) is 11.1 Å². The van der Waals surface area contributed by atoms with Crippen LogP contribution >= 0.6 is 0 Å². The van der Waals surface area contributed by atoms with Crippen LogP contribution in [0.5, 0.6) is 0 Å². The number of benzene rings is 2. The van der Waals surface area contributed by atoms with Crippen LogP contribution in [-0.4, -0.2) is 46.0 Å². The minimum Gasteiger partial charge on any atom is -0.432 e. The maximum atomic E-state index is 12.5. The number of nitrogens with zero attached hydrogens (tertiary/aromatic N) is 1. The molecule has 9 nitrogen and oxygen atoms in total. The number of esters is 2. The van der Waals surface area contributed by atoms with E-state index in [1.54, 1.807) is 38.1 Å². The molecule has 0 aliphatic carbocycles. The van der Waals surface area contributed by atoms with Crippen molar-refractivity contribution in [1.82, 2.24) is 10.2 Å². The van der Waals surface area contributed by atoms with Gasteiger partial charge in [-0.25, -0.2) is 14.5 Å². The molecule has 2 heterocycles. The molecule has 2 atom stereocenters. The molecular weight excluding hydrogens is 548 g/mol. The number of amides is 3. The fourth-order valence-electron chi connectivity index (χ4n) is 4.41. The molecule has 2 aromatic carbocycles. The van der Waals surface area contributed by atoms with Gasteiger partial charge < -0.3 is 14.8 Å². The second-order valence-electron chi connectivity index (χ2n) is 10.5. The maximum absolute atomic E-state index is 12.5. The topological polar surface area (TPSA) is 119 Å². The van der Waals surface area contributed by atoms with Gasteiger partial charge in [-0.15, -0.1) is 0 Å². The number of hydrogen-bond acceptors (Lipinski definition) is 7. The van der Waals surface area contributed by atoms with Gasteiger partial charge in [-0.1, -0.05) is 80.4 Å². The molecule has 0 radical (unpaired) electrons. The highest BCUT2D eigenvalue weighted by atomic mass is 16.6. The Bertz CT molecular complexity index is 1590. The van der Waals surface area contributed by atoms with E-state index in [0.717, 1.165) is 10.5 Å². The zero-order valence-electron chi connectivity index (χ0n) is 24.9. The highest BCUT2D eigenvalue weighted by Gasteiger charge is 2.51. The second kappa shape index (κ2) is 12.7. The third kappa shape index (κ3) is 6.95. The standard InChI is InChI=1S/C19H19NO4.C15H15NO3/c1-12(2)17(22)20-16(21)11-15(14-9-7-6-8-10-14)19(20,5)24-18(23)13(3)4;1-10(2)14(18)19-15(3)12(9-13(17)16-15)11-7-5-4-6-8-11/h6-11H,1,3H2,2,4-5H3;4-9H,1H2,2-3H3,(H,16,17). The zero-order chi connectivity index (χ0) is 32.1. The van der Waals surface area contributed by atoms with Crippen molar-refractivity contribution < 1.29 is 33.4 Å². The Morgan fingerprint density at radius 1 is 0.698 bits per heavy atom. The van der Waals surface area contributed by atoms with Gasteiger partial charge in [0.2, 0.25) is 17.4 Å². The normalized spacial score (nSPS) is 20.5. The van der Waals surface area contributed by atoms with E-state index in [1.807, 2.05) is 36.4 Å². The molecule has 2 aliphatic heterocycles. The second-order valence-corrected chi connectivity index (χ2v) is 10.5. The molecule has 0 fully saturated rings. The van der Waals surface area contributed by atoms with Gasteiger partial charge in [0.15, 0.2) is 0 Å². The Morgan fingerprint density at radius 2 is 1.16 bits per heavy atom. The number of carbonyl (C=O) groups is 5. The Balaban J connectivity index is 0.000000242. The Kier molecular flexibility index (Phi) is 9.50. The quantitative estimate of drug-likeness (QED) is 0.365. The van der Waals surface area contributed by atoms with Crippen molar-refractivity contribution in [2.24, 2.45) is 0 Å². The van der Waals surface area contributed by atoms with E-state index in [0.29, 0.717) is 16.7 Å². The van der Waals surface area contributed by atoms with Crippen molar-refractivity contribution in [1.29, 1.82) is 0 Å². The van der Waals surface area contributed by atoms with E-state index in [-0.39, 0.29) is 22.6 Å². The van der Waals surface area contributed by atoms with Crippen LogP contribution in [0.4, 0.5) is 0 Å². The lowest BCUT2D eigenvalue weighted by Gasteiger charge is -2.36. The summed E-state index contributed by atoms with van der Waals surface area (Å²) in [6, 6.07) is 18.3. The summed E-state index contributed by atoms with van der Waals surface area (Å²) in [7, 11) is 0. The van der Waals surface area contributed by atoms with Crippen molar-refractivity contribution >= 4 is 40.8 Å². The molecule has 9 heteroatoms. The predicted molar refractivity (Wildman–Crippen MR) is 162 cm³/mol. The Labute approximate surface area is 250 Å². The van der Waals surface area contributed by atoms with Gasteiger partial charge in [0.1, 0.15) is 0 Å². The Hall–Kier alpha value is -5.31. The number of carbonyl (C=O) groups excluding carboxylic acids is 5. The summed E-state index contributed by atoms with van der Waals surface area (Å²) >= 11 is 0. The largest absolute Gasteiger partial charge is 0.432 e. The summed E-state index contributed by atoms with van der Waals surface area (Å²) in [5.41, 5.74) is 0.478. The van der Waals surface area contributed by atoms with Crippen LogP contribution in [0.1, 0.15) is 45.7 Å². The predicted octanol–water partition coefficient (Wildman–Crippen LogP) is 4.89. The molecular formula is C34H34N2O7. The first-order valence-electron chi connectivity index (χ1n) is 13.3. The van der Waals surface area contributed by atoms with Gasteiger partial charge in [0, 0.05) is 46.9 Å². The van der Waals surface area contributed by atoms with Gasteiger partial charge in [0.05, 0.1) is 0 Å². The van der Waals surface area contributed by atoms with E-state index in [2.05, 4.69) is 25.1 Å². The minimum atomic E-state index is -1.56. The van der Waals surface area contributed by atoms with E-state index in [1.165, 1.54) is 32.9 Å². The third-order valence-corrected chi connectivity index (χ3v) is 6.59. The Morgan fingerprint density at radius 3 is 1.63 bits per heavy atom. The first kappa shape index (κ1) is 32.2. The fourth-order valence-corrected chi connectivity index (χ4v) is 4.41. The summed E-state index contributed by atoms with van der Waals surface area (Å²) in [6.07, 6.45) is 2.75. The molecule has 2 unspecified atom stereocenters. The summed E-state index contributed by atoms with van der Waals surface area (Å²) in [5, 5.41) is 2.65. The lowest BCUT2D eigenvalue weighted by Crippen LogP contribution is -2.52. The van der Waals surface area contributed by atoms with E-state index < -0.39 is 35.2 Å². The zero-order valence-corrected chi connectivity index (χ0v) is 24.9. The molecule has 3 amide bonds. The summed E-state index contributed by atoms with van der Waals surface area (Å²) < 4.78 is 10.9. The van der Waals surface area contributed by atoms with Gasteiger partial charge in [-0.3, -0.25) is 14.4 Å². The molecule has 43 heavy (non-hydrogen) atoms. The minimum absolute atomic E-state index is 0.170. The average molecular weight is 583 g/mol. The van der Waals surface area contributed by atoms with E-state index >= 15 is 0 Å². The van der Waals surface area contributed by atoms with Crippen LogP contribution in [0.15, 0.2) is 109 Å². The highest BCUT2D eigenvalue weighted by molar-refractivity contribution is 6.15. The average Bonchev–Trinajstić information content (AvgIpc) is 3.39.